The third-order valence-corrected chi connectivity index (χ3v) is 5.19. The van der Waals surface area contributed by atoms with Crippen molar-refractivity contribution in [2.24, 2.45) is 0 Å². The van der Waals surface area contributed by atoms with E-state index in [2.05, 4.69) is 15.3 Å². The lowest BCUT2D eigenvalue weighted by Gasteiger charge is -2.32. The summed E-state index contributed by atoms with van der Waals surface area (Å²) in [6.45, 7) is 1.14. The van der Waals surface area contributed by atoms with Gasteiger partial charge in [-0.1, -0.05) is 12.1 Å². The molecule has 1 N–H and O–H groups in total. The number of amides is 2. The molecule has 1 aliphatic heterocycles. The van der Waals surface area contributed by atoms with Gasteiger partial charge >= 0.3 is 0 Å². The van der Waals surface area contributed by atoms with Crippen LogP contribution in [0.5, 0.6) is 5.88 Å². The molecule has 156 valence electrons. The Hall–Kier alpha value is -3.42. The quantitative estimate of drug-likeness (QED) is 0.673. The summed E-state index contributed by atoms with van der Waals surface area (Å²) in [7, 11) is 1.55. The number of furan rings is 1. The summed E-state index contributed by atoms with van der Waals surface area (Å²) in [6, 6.07) is 10.8. The number of rotatable bonds is 6. The standard InChI is InChI=1S/C22H24N4O4/c1-29-21-18(24-16-7-2-3-8-17(16)25-21)10-11-20(27)23-15-6-4-12-26(14-15)22(28)19-9-5-13-30-19/h2-3,5,7-9,13,15H,4,6,10-12,14H2,1H3,(H,23,27). The van der Waals surface area contributed by atoms with E-state index in [0.717, 1.165) is 23.9 Å². The first kappa shape index (κ1) is 19.9. The molecule has 0 bridgehead atoms. The number of benzene rings is 1. The van der Waals surface area contributed by atoms with E-state index in [1.807, 2.05) is 24.3 Å². The van der Waals surface area contributed by atoms with E-state index in [0.29, 0.717) is 36.8 Å². The lowest BCUT2D eigenvalue weighted by Crippen LogP contribution is -2.49. The van der Waals surface area contributed by atoms with Gasteiger partial charge in [-0.15, -0.1) is 0 Å². The second-order valence-electron chi connectivity index (χ2n) is 7.30. The van der Waals surface area contributed by atoms with Crippen LogP contribution in [0.4, 0.5) is 0 Å². The topological polar surface area (TPSA) is 97.6 Å². The summed E-state index contributed by atoms with van der Waals surface area (Å²) in [5.41, 5.74) is 2.18. The van der Waals surface area contributed by atoms with Gasteiger partial charge in [-0.2, -0.15) is 0 Å². The fourth-order valence-corrected chi connectivity index (χ4v) is 3.71. The predicted molar refractivity (Wildman–Crippen MR) is 110 cm³/mol. The maximum Gasteiger partial charge on any atom is 0.289 e. The van der Waals surface area contributed by atoms with Gasteiger partial charge < -0.3 is 19.4 Å². The summed E-state index contributed by atoms with van der Waals surface area (Å²) in [5, 5.41) is 3.04. The molecule has 3 heterocycles. The van der Waals surface area contributed by atoms with E-state index >= 15 is 0 Å². The summed E-state index contributed by atoms with van der Waals surface area (Å²) in [4.78, 5) is 35.8. The highest BCUT2D eigenvalue weighted by atomic mass is 16.5. The Morgan fingerprint density at radius 1 is 1.20 bits per heavy atom. The highest BCUT2D eigenvalue weighted by Crippen LogP contribution is 2.20. The summed E-state index contributed by atoms with van der Waals surface area (Å²) in [5.74, 6) is 0.540. The number of nitrogens with zero attached hydrogens (tertiary/aromatic N) is 3. The molecule has 1 aromatic carbocycles. The molecule has 30 heavy (non-hydrogen) atoms. The first-order valence-electron chi connectivity index (χ1n) is 10.1. The van der Waals surface area contributed by atoms with Gasteiger partial charge in [0.1, 0.15) is 5.69 Å². The number of hydrogen-bond acceptors (Lipinski definition) is 6. The predicted octanol–water partition coefficient (Wildman–Crippen LogP) is 2.59. The third kappa shape index (κ3) is 4.42. The molecule has 1 fully saturated rings. The van der Waals surface area contributed by atoms with Gasteiger partial charge in [-0.3, -0.25) is 9.59 Å². The van der Waals surface area contributed by atoms with E-state index < -0.39 is 0 Å². The number of carbonyl (C=O) groups excluding carboxylic acids is 2. The van der Waals surface area contributed by atoms with Crippen LogP contribution >= 0.6 is 0 Å². The smallest absolute Gasteiger partial charge is 0.289 e. The number of hydrogen-bond donors (Lipinski definition) is 1. The van der Waals surface area contributed by atoms with Crippen LogP contribution in [-0.2, 0) is 11.2 Å². The Balaban J connectivity index is 1.34. The van der Waals surface area contributed by atoms with E-state index in [1.165, 1.54) is 6.26 Å². The minimum absolute atomic E-state index is 0.0743. The molecule has 1 unspecified atom stereocenters. The maximum absolute atomic E-state index is 12.5. The molecular formula is C22H24N4O4. The number of ether oxygens (including phenoxy) is 1. The van der Waals surface area contributed by atoms with Gasteiger partial charge in [0, 0.05) is 32.0 Å². The molecule has 0 saturated carbocycles. The first-order valence-corrected chi connectivity index (χ1v) is 10.1. The summed E-state index contributed by atoms with van der Waals surface area (Å²) in [6.07, 6.45) is 3.86. The second-order valence-corrected chi connectivity index (χ2v) is 7.30. The van der Waals surface area contributed by atoms with Crippen molar-refractivity contribution in [3.8, 4) is 5.88 Å². The van der Waals surface area contributed by atoms with Crippen molar-refractivity contribution in [2.75, 3.05) is 20.2 Å². The Labute approximate surface area is 174 Å². The molecule has 3 aromatic rings. The molecule has 2 aromatic heterocycles. The third-order valence-electron chi connectivity index (χ3n) is 5.19. The molecule has 1 saturated heterocycles. The number of methoxy groups -OCH3 is 1. The Morgan fingerprint density at radius 2 is 2.00 bits per heavy atom. The number of nitrogens with one attached hydrogen (secondary N) is 1. The average molecular weight is 408 g/mol. The number of piperidine rings is 1. The number of para-hydroxylation sites is 2. The molecule has 8 heteroatoms. The Kier molecular flexibility index (Phi) is 5.92. The van der Waals surface area contributed by atoms with Crippen LogP contribution in [-0.4, -0.2) is 52.9 Å². The van der Waals surface area contributed by atoms with Crippen LogP contribution in [0.15, 0.2) is 47.1 Å². The van der Waals surface area contributed by atoms with Crippen molar-refractivity contribution in [3.05, 3.63) is 54.1 Å². The van der Waals surface area contributed by atoms with Crippen molar-refractivity contribution >= 4 is 22.8 Å². The van der Waals surface area contributed by atoms with Gasteiger partial charge in [-0.05, 0) is 37.1 Å². The minimum atomic E-state index is -0.143. The monoisotopic (exact) mass is 408 g/mol. The van der Waals surface area contributed by atoms with Gasteiger partial charge in [-0.25, -0.2) is 9.97 Å². The van der Waals surface area contributed by atoms with Crippen LogP contribution in [0, 0.1) is 0 Å². The number of aryl methyl sites for hydroxylation is 1. The van der Waals surface area contributed by atoms with Crippen LogP contribution < -0.4 is 10.1 Å². The van der Waals surface area contributed by atoms with Gasteiger partial charge in [0.15, 0.2) is 5.76 Å². The van der Waals surface area contributed by atoms with Gasteiger partial charge in [0.05, 0.1) is 24.4 Å². The van der Waals surface area contributed by atoms with Crippen LogP contribution in [0.25, 0.3) is 11.0 Å². The first-order chi connectivity index (χ1) is 14.6. The molecule has 4 rings (SSSR count). The Morgan fingerprint density at radius 3 is 2.73 bits per heavy atom. The minimum Gasteiger partial charge on any atom is -0.480 e. The fraction of sp³-hybridized carbons (Fsp3) is 0.364. The summed E-state index contributed by atoms with van der Waals surface area (Å²) < 4.78 is 10.6. The Bertz CT molecular complexity index is 1030. The average Bonchev–Trinajstić information content (AvgIpc) is 3.31. The zero-order valence-electron chi connectivity index (χ0n) is 16.8. The number of carbonyl (C=O) groups is 2. The van der Waals surface area contributed by atoms with Crippen molar-refractivity contribution in [2.45, 2.75) is 31.7 Å². The van der Waals surface area contributed by atoms with Crippen molar-refractivity contribution in [3.63, 3.8) is 0 Å². The molecule has 0 aliphatic carbocycles. The number of fused-ring (bicyclic) bond motifs is 1. The van der Waals surface area contributed by atoms with Crippen molar-refractivity contribution in [1.82, 2.24) is 20.2 Å². The molecule has 1 atom stereocenters. The molecular weight excluding hydrogens is 384 g/mol. The van der Waals surface area contributed by atoms with Crippen LogP contribution in [0.3, 0.4) is 0 Å². The molecule has 1 aliphatic rings. The van der Waals surface area contributed by atoms with Crippen molar-refractivity contribution < 1.29 is 18.7 Å². The molecule has 0 spiro atoms. The maximum atomic E-state index is 12.5. The van der Waals surface area contributed by atoms with Crippen LogP contribution in [0.2, 0.25) is 0 Å². The highest BCUT2D eigenvalue weighted by molar-refractivity contribution is 5.91. The molecule has 2 amide bonds. The number of likely N-dealkylation sites (tertiary alicyclic amines) is 1. The summed E-state index contributed by atoms with van der Waals surface area (Å²) >= 11 is 0. The van der Waals surface area contributed by atoms with Gasteiger partial charge in [0.25, 0.3) is 5.91 Å². The SMILES string of the molecule is COc1nc2ccccc2nc1CCC(=O)NC1CCCN(C(=O)c2ccco2)C1. The number of aromatic nitrogens is 2. The van der Waals surface area contributed by atoms with Crippen LogP contribution in [0.1, 0.15) is 35.5 Å². The van der Waals surface area contributed by atoms with E-state index in [1.54, 1.807) is 24.1 Å². The van der Waals surface area contributed by atoms with Crippen molar-refractivity contribution in [1.29, 1.82) is 0 Å². The zero-order chi connectivity index (χ0) is 20.9. The molecule has 0 radical (unpaired) electrons. The lowest BCUT2D eigenvalue weighted by atomic mass is 10.0. The normalized spacial score (nSPS) is 16.4. The second kappa shape index (κ2) is 8.94. The lowest BCUT2D eigenvalue weighted by molar-refractivity contribution is -0.122. The van der Waals surface area contributed by atoms with Gasteiger partial charge in [0.2, 0.25) is 11.8 Å². The fourth-order valence-electron chi connectivity index (χ4n) is 3.71. The van der Waals surface area contributed by atoms with E-state index in [-0.39, 0.29) is 24.3 Å². The highest BCUT2D eigenvalue weighted by Gasteiger charge is 2.26. The van der Waals surface area contributed by atoms with E-state index in [4.69, 9.17) is 9.15 Å². The molecule has 8 nitrogen and oxygen atoms in total. The zero-order valence-corrected chi connectivity index (χ0v) is 16.8. The largest absolute Gasteiger partial charge is 0.480 e. The van der Waals surface area contributed by atoms with E-state index in [9.17, 15) is 9.59 Å².